The van der Waals surface area contributed by atoms with Gasteiger partial charge in [-0.3, -0.25) is 0 Å². The third kappa shape index (κ3) is 3.73. The predicted molar refractivity (Wildman–Crippen MR) is 96.2 cm³/mol. The quantitative estimate of drug-likeness (QED) is 0.560. The van der Waals surface area contributed by atoms with Crippen molar-refractivity contribution in [1.29, 1.82) is 0 Å². The van der Waals surface area contributed by atoms with Gasteiger partial charge in [0.25, 0.3) is 0 Å². The highest BCUT2D eigenvalue weighted by Gasteiger charge is 2.50. The zero-order chi connectivity index (χ0) is 19.3. The maximum absolute atomic E-state index is 10.8. The number of aliphatic hydroxyl groups is 4. The summed E-state index contributed by atoms with van der Waals surface area (Å²) in [6.07, 6.45) is -0.231. The van der Waals surface area contributed by atoms with Crippen LogP contribution < -0.4 is 0 Å². The molecule has 4 N–H and O–H groups in total. The highest BCUT2D eigenvalue weighted by molar-refractivity contribution is 5.13. The van der Waals surface area contributed by atoms with Crippen molar-refractivity contribution in [3.05, 3.63) is 12.2 Å². The Morgan fingerprint density at radius 2 is 1.88 bits per heavy atom. The van der Waals surface area contributed by atoms with Crippen molar-refractivity contribution in [3.63, 3.8) is 0 Å². The van der Waals surface area contributed by atoms with E-state index in [0.29, 0.717) is 5.92 Å². The van der Waals surface area contributed by atoms with Crippen LogP contribution in [0, 0.1) is 17.8 Å². The highest BCUT2D eigenvalue weighted by Crippen LogP contribution is 2.52. The minimum absolute atomic E-state index is 0.0696. The second-order valence-corrected chi connectivity index (χ2v) is 9.21. The zero-order valence-corrected chi connectivity index (χ0v) is 16.1. The highest BCUT2D eigenvalue weighted by atomic mass is 16.7. The molecule has 0 aromatic carbocycles. The lowest BCUT2D eigenvalue weighted by Crippen LogP contribution is -2.56. The maximum atomic E-state index is 10.8. The van der Waals surface area contributed by atoms with Gasteiger partial charge in [-0.15, -0.1) is 0 Å². The van der Waals surface area contributed by atoms with Crippen LogP contribution >= 0.6 is 0 Å². The molecule has 150 valence electrons. The van der Waals surface area contributed by atoms with Crippen molar-refractivity contribution in [3.8, 4) is 0 Å². The summed E-state index contributed by atoms with van der Waals surface area (Å²) in [5.74, 6) is 0.688. The number of fused-ring (bicyclic) bond motifs is 1. The number of hydrogen-bond donors (Lipinski definition) is 4. The lowest BCUT2D eigenvalue weighted by Gasteiger charge is -2.43. The van der Waals surface area contributed by atoms with Crippen LogP contribution in [0.5, 0.6) is 0 Å². The first-order valence-electron chi connectivity index (χ1n) is 9.76. The Kier molecular flexibility index (Phi) is 5.57. The van der Waals surface area contributed by atoms with Gasteiger partial charge in [0.1, 0.15) is 18.3 Å². The summed E-state index contributed by atoms with van der Waals surface area (Å²) < 4.78 is 11.5. The summed E-state index contributed by atoms with van der Waals surface area (Å²) in [6.45, 7) is 10.1. The van der Waals surface area contributed by atoms with Crippen LogP contribution in [0.25, 0.3) is 0 Å². The second kappa shape index (κ2) is 7.15. The molecule has 3 fully saturated rings. The van der Waals surface area contributed by atoms with E-state index in [1.807, 2.05) is 20.8 Å². The average Bonchev–Trinajstić information content (AvgIpc) is 2.74. The van der Waals surface area contributed by atoms with Crippen LogP contribution in [0.2, 0.25) is 0 Å². The van der Waals surface area contributed by atoms with Crippen LogP contribution in [-0.2, 0) is 9.47 Å². The summed E-state index contributed by atoms with van der Waals surface area (Å²) in [5.41, 5.74) is -0.0758. The van der Waals surface area contributed by atoms with Crippen molar-refractivity contribution in [2.24, 2.45) is 17.8 Å². The third-order valence-electron chi connectivity index (χ3n) is 6.98. The molecule has 1 saturated heterocycles. The standard InChI is InChI=1S/C20H34O6/c1-11-5-6-12(9-14-13(11)7-8-20(14,4)24)19(2,3)26-18-17(23)16(22)15(21)10-25-18/h12-18,21-24H,1,5-10H2,2-4H3/t12-,13+,14-,15-,16-,17+,18-,20-/m1/s1. The number of allylic oxidation sites excluding steroid dienone is 1. The molecule has 1 heterocycles. The van der Waals surface area contributed by atoms with Crippen molar-refractivity contribution >= 4 is 0 Å². The molecule has 0 unspecified atom stereocenters. The van der Waals surface area contributed by atoms with Crippen molar-refractivity contribution in [2.75, 3.05) is 6.61 Å². The zero-order valence-electron chi connectivity index (χ0n) is 16.1. The normalized spacial score (nSPS) is 47.5. The summed E-state index contributed by atoms with van der Waals surface area (Å²) >= 11 is 0. The van der Waals surface area contributed by atoms with Crippen LogP contribution in [0.1, 0.15) is 52.9 Å². The summed E-state index contributed by atoms with van der Waals surface area (Å²) in [7, 11) is 0. The molecule has 8 atom stereocenters. The van der Waals surface area contributed by atoms with E-state index in [-0.39, 0.29) is 18.4 Å². The average molecular weight is 370 g/mol. The smallest absolute Gasteiger partial charge is 0.186 e. The molecule has 0 amide bonds. The summed E-state index contributed by atoms with van der Waals surface area (Å²) in [5, 5.41) is 40.5. The molecule has 1 aliphatic heterocycles. The minimum Gasteiger partial charge on any atom is -0.390 e. The molecular formula is C20H34O6. The van der Waals surface area contributed by atoms with Crippen molar-refractivity contribution in [1.82, 2.24) is 0 Å². The number of rotatable bonds is 3. The Bertz CT molecular complexity index is 530. The molecule has 3 rings (SSSR count). The van der Waals surface area contributed by atoms with Gasteiger partial charge in [-0.2, -0.15) is 0 Å². The van der Waals surface area contributed by atoms with Gasteiger partial charge >= 0.3 is 0 Å². The van der Waals surface area contributed by atoms with Crippen LogP contribution in [0.3, 0.4) is 0 Å². The van der Waals surface area contributed by atoms with Crippen molar-refractivity contribution in [2.45, 2.75) is 88.7 Å². The minimum atomic E-state index is -1.29. The van der Waals surface area contributed by atoms with E-state index in [4.69, 9.17) is 9.47 Å². The van der Waals surface area contributed by atoms with E-state index in [0.717, 1.165) is 32.1 Å². The molecule has 26 heavy (non-hydrogen) atoms. The molecule has 2 saturated carbocycles. The van der Waals surface area contributed by atoms with Crippen molar-refractivity contribution < 1.29 is 29.9 Å². The van der Waals surface area contributed by atoms with Crippen LogP contribution in [-0.4, -0.2) is 62.8 Å². The Morgan fingerprint density at radius 3 is 2.58 bits per heavy atom. The maximum Gasteiger partial charge on any atom is 0.186 e. The first-order valence-corrected chi connectivity index (χ1v) is 9.76. The van der Waals surface area contributed by atoms with Gasteiger partial charge in [-0.25, -0.2) is 0 Å². The van der Waals surface area contributed by atoms with E-state index in [9.17, 15) is 20.4 Å². The van der Waals surface area contributed by atoms with E-state index >= 15 is 0 Å². The largest absolute Gasteiger partial charge is 0.390 e. The molecule has 6 nitrogen and oxygen atoms in total. The summed E-state index contributed by atoms with van der Waals surface area (Å²) in [4.78, 5) is 0. The first-order chi connectivity index (χ1) is 12.0. The topological polar surface area (TPSA) is 99.4 Å². The SMILES string of the molecule is C=C1CC[C@@H](C(C)(C)O[C@H]2OC[C@@H](O)[C@@H](O)[C@@H]2O)C[C@@H]2[C@H]1CC[C@@]2(C)O. The van der Waals surface area contributed by atoms with E-state index in [1.165, 1.54) is 5.57 Å². The molecule has 0 bridgehead atoms. The van der Waals surface area contributed by atoms with E-state index in [2.05, 4.69) is 6.58 Å². The Balaban J connectivity index is 1.73. The molecular weight excluding hydrogens is 336 g/mol. The monoisotopic (exact) mass is 370 g/mol. The first kappa shape index (κ1) is 20.2. The number of hydrogen-bond acceptors (Lipinski definition) is 6. The molecule has 0 aromatic rings. The molecule has 0 spiro atoms. The molecule has 2 aliphatic carbocycles. The molecule has 0 aromatic heterocycles. The van der Waals surface area contributed by atoms with Gasteiger partial charge in [-0.05, 0) is 70.6 Å². The fraction of sp³-hybridized carbons (Fsp3) is 0.900. The van der Waals surface area contributed by atoms with Gasteiger partial charge in [0.15, 0.2) is 6.29 Å². The van der Waals surface area contributed by atoms with Gasteiger partial charge in [0, 0.05) is 0 Å². The molecule has 6 heteroatoms. The lowest BCUT2D eigenvalue weighted by molar-refractivity contribution is -0.304. The Hall–Kier alpha value is -0.500. The lowest BCUT2D eigenvalue weighted by atomic mass is 9.76. The fourth-order valence-corrected chi connectivity index (χ4v) is 5.05. The van der Waals surface area contributed by atoms with Crippen LogP contribution in [0.4, 0.5) is 0 Å². The van der Waals surface area contributed by atoms with Gasteiger partial charge < -0.3 is 29.9 Å². The van der Waals surface area contributed by atoms with E-state index < -0.39 is 35.8 Å². The number of ether oxygens (including phenoxy) is 2. The predicted octanol–water partition coefficient (Wildman–Crippen LogP) is 1.35. The molecule has 0 radical (unpaired) electrons. The van der Waals surface area contributed by atoms with Gasteiger partial charge in [0.2, 0.25) is 0 Å². The van der Waals surface area contributed by atoms with Gasteiger partial charge in [-0.1, -0.05) is 12.2 Å². The third-order valence-corrected chi connectivity index (χ3v) is 6.98. The fourth-order valence-electron chi connectivity index (χ4n) is 5.05. The number of aliphatic hydroxyl groups excluding tert-OH is 3. The Morgan fingerprint density at radius 1 is 1.19 bits per heavy atom. The van der Waals surface area contributed by atoms with Crippen LogP contribution in [0.15, 0.2) is 12.2 Å². The second-order valence-electron chi connectivity index (χ2n) is 9.21. The van der Waals surface area contributed by atoms with E-state index in [1.54, 1.807) is 0 Å². The van der Waals surface area contributed by atoms with Gasteiger partial charge in [0.05, 0.1) is 17.8 Å². The molecule has 3 aliphatic rings. The Labute approximate surface area is 155 Å². The summed E-state index contributed by atoms with van der Waals surface area (Å²) in [6, 6.07) is 0.